The van der Waals surface area contributed by atoms with Gasteiger partial charge in [0.15, 0.2) is 0 Å². The van der Waals surface area contributed by atoms with Gasteiger partial charge < -0.3 is 9.57 Å². The predicted octanol–water partition coefficient (Wildman–Crippen LogP) is 4.26. The molecule has 0 saturated heterocycles. The van der Waals surface area contributed by atoms with Gasteiger partial charge in [-0.05, 0) is 30.4 Å². The molecule has 2 rings (SSSR count). The molecule has 4 nitrogen and oxygen atoms in total. The Hall–Kier alpha value is -2.27. The maximum absolute atomic E-state index is 8.07. The van der Waals surface area contributed by atoms with Gasteiger partial charge in [-0.2, -0.15) is 0 Å². The third-order valence-electron chi connectivity index (χ3n) is 3.35. The predicted molar refractivity (Wildman–Crippen MR) is 96.7 cm³/mol. The number of benzene rings is 2. The van der Waals surface area contributed by atoms with Crippen LogP contribution in [0.2, 0.25) is 0 Å². The van der Waals surface area contributed by atoms with Crippen molar-refractivity contribution in [3.63, 3.8) is 0 Å². The highest BCUT2D eigenvalue weighted by atomic mass is 32.2. The van der Waals surface area contributed by atoms with Gasteiger partial charge in [0.2, 0.25) is 0 Å². The Morgan fingerprint density at radius 3 is 2.52 bits per heavy atom. The first kappa shape index (κ1) is 17.1. The Morgan fingerprint density at radius 2 is 1.83 bits per heavy atom. The molecule has 120 valence electrons. The minimum atomic E-state index is 0.357. The van der Waals surface area contributed by atoms with E-state index >= 15 is 0 Å². The summed E-state index contributed by atoms with van der Waals surface area (Å²) >= 11 is 1.33. The Labute approximate surface area is 141 Å². The second-order valence-corrected chi connectivity index (χ2v) is 5.68. The molecule has 0 fully saturated rings. The van der Waals surface area contributed by atoms with Crippen LogP contribution in [-0.2, 0) is 11.4 Å². The van der Waals surface area contributed by atoms with Crippen LogP contribution in [0.25, 0.3) is 0 Å². The summed E-state index contributed by atoms with van der Waals surface area (Å²) < 4.78 is 5.93. The fraction of sp³-hybridized carbons (Fsp3) is 0.222. The van der Waals surface area contributed by atoms with Crippen LogP contribution >= 0.6 is 11.8 Å². The van der Waals surface area contributed by atoms with Gasteiger partial charge in [-0.1, -0.05) is 47.6 Å². The van der Waals surface area contributed by atoms with E-state index in [1.807, 2.05) is 61.7 Å². The molecule has 0 saturated carbocycles. The van der Waals surface area contributed by atoms with Gasteiger partial charge in [0, 0.05) is 5.56 Å². The van der Waals surface area contributed by atoms with Crippen LogP contribution < -0.4 is 4.74 Å². The molecular formula is C18H20N2O2S. The highest BCUT2D eigenvalue weighted by molar-refractivity contribution is 8.15. The van der Waals surface area contributed by atoms with Crippen LogP contribution in [0.4, 0.5) is 0 Å². The lowest BCUT2D eigenvalue weighted by molar-refractivity contribution is 0.214. The first-order valence-corrected chi connectivity index (χ1v) is 8.40. The van der Waals surface area contributed by atoms with E-state index in [2.05, 4.69) is 5.16 Å². The van der Waals surface area contributed by atoms with E-state index in [1.54, 1.807) is 0 Å². The van der Waals surface area contributed by atoms with Crippen molar-refractivity contribution < 1.29 is 9.57 Å². The first-order chi connectivity index (χ1) is 11.2. The second kappa shape index (κ2) is 8.39. The third kappa shape index (κ3) is 4.36. The topological polar surface area (TPSA) is 54.7 Å². The lowest BCUT2D eigenvalue weighted by atomic mass is 10.0. The number of aryl methyl sites for hydroxylation is 1. The van der Waals surface area contributed by atoms with Gasteiger partial charge in [-0.25, -0.2) is 0 Å². The summed E-state index contributed by atoms with van der Waals surface area (Å²) in [7, 11) is 1.49. The minimum absolute atomic E-state index is 0.357. The first-order valence-electron chi connectivity index (χ1n) is 7.18. The number of para-hydroxylation sites is 1. The van der Waals surface area contributed by atoms with Crippen molar-refractivity contribution in [1.29, 1.82) is 5.41 Å². The van der Waals surface area contributed by atoms with Gasteiger partial charge in [0.25, 0.3) is 0 Å². The van der Waals surface area contributed by atoms with E-state index in [4.69, 9.17) is 15.0 Å². The molecule has 0 unspecified atom stereocenters. The summed E-state index contributed by atoms with van der Waals surface area (Å²) in [6.07, 6.45) is 1.85. The molecule has 0 bridgehead atoms. The standard InChI is InChI=1S/C18H20N2O2S/c1-13-8-4-7-11-16(13)22-12-14-9-5-6-10-15(14)17(20-21-2)18(19)23-3/h4-11,19H,12H2,1-3H3/b19-18?,20-17-. The maximum Gasteiger partial charge on any atom is 0.141 e. The van der Waals surface area contributed by atoms with Crippen LogP contribution in [0.1, 0.15) is 16.7 Å². The van der Waals surface area contributed by atoms with Crippen molar-refractivity contribution in [1.82, 2.24) is 0 Å². The van der Waals surface area contributed by atoms with E-state index in [9.17, 15) is 0 Å². The smallest absolute Gasteiger partial charge is 0.141 e. The average Bonchev–Trinajstić information content (AvgIpc) is 2.59. The van der Waals surface area contributed by atoms with Gasteiger partial charge in [-0.15, -0.1) is 11.8 Å². The number of ether oxygens (including phenoxy) is 1. The quantitative estimate of drug-likeness (QED) is 0.489. The molecule has 0 heterocycles. The zero-order chi connectivity index (χ0) is 16.7. The maximum atomic E-state index is 8.07. The molecule has 0 aliphatic heterocycles. The van der Waals surface area contributed by atoms with Crippen LogP contribution in [0, 0.1) is 12.3 Å². The van der Waals surface area contributed by atoms with Gasteiger partial charge >= 0.3 is 0 Å². The van der Waals surface area contributed by atoms with Crippen molar-refractivity contribution in [3.05, 3.63) is 65.2 Å². The number of nitrogens with one attached hydrogen (secondary N) is 1. The average molecular weight is 328 g/mol. The number of nitrogens with zero attached hydrogens (tertiary/aromatic N) is 1. The van der Waals surface area contributed by atoms with E-state index in [0.717, 1.165) is 22.4 Å². The molecule has 1 N–H and O–H groups in total. The molecule has 0 aromatic heterocycles. The highest BCUT2D eigenvalue weighted by Crippen LogP contribution is 2.20. The van der Waals surface area contributed by atoms with Gasteiger partial charge in [0.1, 0.15) is 30.2 Å². The zero-order valence-corrected chi connectivity index (χ0v) is 14.3. The zero-order valence-electron chi connectivity index (χ0n) is 13.5. The van der Waals surface area contributed by atoms with Crippen LogP contribution in [0.5, 0.6) is 5.75 Å². The Balaban J connectivity index is 2.28. The number of thioether (sulfide) groups is 1. The lowest BCUT2D eigenvalue weighted by Gasteiger charge is -2.13. The summed E-state index contributed by atoms with van der Waals surface area (Å²) in [6, 6.07) is 15.7. The monoisotopic (exact) mass is 328 g/mol. The molecule has 0 atom stereocenters. The van der Waals surface area contributed by atoms with Crippen LogP contribution in [0.3, 0.4) is 0 Å². The highest BCUT2D eigenvalue weighted by Gasteiger charge is 2.15. The van der Waals surface area contributed by atoms with Gasteiger partial charge in [-0.3, -0.25) is 5.41 Å². The lowest BCUT2D eigenvalue weighted by Crippen LogP contribution is -2.15. The van der Waals surface area contributed by atoms with Crippen molar-refractivity contribution >= 4 is 22.5 Å². The summed E-state index contributed by atoms with van der Waals surface area (Å²) in [5, 5.41) is 12.4. The molecule has 0 radical (unpaired) electrons. The number of rotatable bonds is 6. The molecule has 2 aromatic rings. The van der Waals surface area contributed by atoms with Crippen molar-refractivity contribution in [2.45, 2.75) is 13.5 Å². The second-order valence-electron chi connectivity index (χ2n) is 4.87. The van der Waals surface area contributed by atoms with E-state index in [0.29, 0.717) is 17.4 Å². The minimum Gasteiger partial charge on any atom is -0.489 e. The Bertz CT molecular complexity index is 714. The van der Waals surface area contributed by atoms with Crippen molar-refractivity contribution in [3.8, 4) is 5.75 Å². The molecule has 23 heavy (non-hydrogen) atoms. The number of hydrogen-bond donors (Lipinski definition) is 1. The van der Waals surface area contributed by atoms with Gasteiger partial charge in [0.05, 0.1) is 0 Å². The van der Waals surface area contributed by atoms with Crippen molar-refractivity contribution in [2.75, 3.05) is 13.4 Å². The Kier molecular flexibility index (Phi) is 6.23. The molecule has 0 spiro atoms. The van der Waals surface area contributed by atoms with Crippen LogP contribution in [-0.4, -0.2) is 24.1 Å². The molecule has 5 heteroatoms. The Morgan fingerprint density at radius 1 is 1.13 bits per heavy atom. The summed E-state index contributed by atoms with van der Waals surface area (Å²) in [4.78, 5) is 4.91. The van der Waals surface area contributed by atoms with E-state index in [1.165, 1.54) is 18.9 Å². The SMILES string of the molecule is CO/N=C(\C(=N)SC)c1ccccc1COc1ccccc1C. The van der Waals surface area contributed by atoms with E-state index < -0.39 is 0 Å². The molecule has 0 aliphatic rings. The summed E-state index contributed by atoms with van der Waals surface area (Å²) in [5.41, 5.74) is 3.42. The normalized spacial score (nSPS) is 11.2. The molecular weight excluding hydrogens is 308 g/mol. The van der Waals surface area contributed by atoms with Crippen LogP contribution in [0.15, 0.2) is 53.7 Å². The molecule has 0 aliphatic carbocycles. The summed E-state index contributed by atoms with van der Waals surface area (Å²) in [5.74, 6) is 0.854. The largest absolute Gasteiger partial charge is 0.489 e. The fourth-order valence-corrected chi connectivity index (χ4v) is 2.49. The number of hydrogen-bond acceptors (Lipinski definition) is 5. The van der Waals surface area contributed by atoms with Crippen molar-refractivity contribution in [2.24, 2.45) is 5.16 Å². The number of oxime groups is 1. The fourth-order valence-electron chi connectivity index (χ4n) is 2.15. The third-order valence-corrected chi connectivity index (χ3v) is 3.95. The molecule has 0 amide bonds. The molecule has 2 aromatic carbocycles. The summed E-state index contributed by atoms with van der Waals surface area (Å²) in [6.45, 7) is 2.42. The van der Waals surface area contributed by atoms with E-state index in [-0.39, 0.29) is 0 Å².